The maximum Gasteiger partial charge on any atom is 0.272 e. The molecule has 0 atom stereocenters. The molecule has 0 bridgehead atoms. The number of hydrazine groups is 1. The monoisotopic (exact) mass is 400 g/mol. The first-order chi connectivity index (χ1) is 14.4. The van der Waals surface area contributed by atoms with Crippen LogP contribution in [0.15, 0.2) is 77.9 Å². The number of nitrogens with one attached hydrogen (secondary N) is 2. The van der Waals surface area contributed by atoms with Crippen molar-refractivity contribution in [1.82, 2.24) is 20.0 Å². The van der Waals surface area contributed by atoms with E-state index in [9.17, 15) is 14.4 Å². The molecule has 0 aliphatic carbocycles. The number of carbonyl (C=O) groups excluding carboxylic acids is 2. The fraction of sp³-hybridized carbons (Fsp3) is 0.0870. The third-order valence-corrected chi connectivity index (χ3v) is 4.94. The van der Waals surface area contributed by atoms with E-state index in [1.807, 2.05) is 19.2 Å². The number of H-pyrrole nitrogens is 1. The van der Waals surface area contributed by atoms with Gasteiger partial charge >= 0.3 is 0 Å². The summed E-state index contributed by atoms with van der Waals surface area (Å²) in [4.78, 5) is 40.3. The molecule has 2 amide bonds. The van der Waals surface area contributed by atoms with Gasteiger partial charge in [0.1, 0.15) is 0 Å². The summed E-state index contributed by atoms with van der Waals surface area (Å²) in [5.41, 5.74) is 5.95. The lowest BCUT2D eigenvalue weighted by Crippen LogP contribution is -2.43. The van der Waals surface area contributed by atoms with E-state index < -0.39 is 0 Å². The first-order valence-corrected chi connectivity index (χ1v) is 9.39. The molecule has 0 saturated carbocycles. The summed E-state index contributed by atoms with van der Waals surface area (Å²) in [7, 11) is 1.50. The molecule has 30 heavy (non-hydrogen) atoms. The Labute approximate surface area is 172 Å². The fourth-order valence-electron chi connectivity index (χ4n) is 3.27. The Morgan fingerprint density at radius 3 is 2.47 bits per heavy atom. The van der Waals surface area contributed by atoms with Crippen molar-refractivity contribution in [2.75, 3.05) is 7.05 Å². The number of fused-ring (bicyclic) bond motifs is 1. The topological polar surface area (TPSA) is 87.2 Å². The number of hydrogen-bond acceptors (Lipinski definition) is 3. The van der Waals surface area contributed by atoms with Crippen LogP contribution in [0.2, 0.25) is 0 Å². The van der Waals surface area contributed by atoms with E-state index in [-0.39, 0.29) is 17.4 Å². The summed E-state index contributed by atoms with van der Waals surface area (Å²) in [6.07, 6.45) is 3.55. The lowest BCUT2D eigenvalue weighted by atomic mass is 10.1. The van der Waals surface area contributed by atoms with Crippen LogP contribution in [0.1, 0.15) is 26.3 Å². The molecule has 2 heterocycles. The van der Waals surface area contributed by atoms with E-state index in [0.29, 0.717) is 16.8 Å². The molecule has 0 radical (unpaired) electrons. The molecule has 150 valence electrons. The molecule has 7 nitrogen and oxygen atoms in total. The molecule has 0 saturated heterocycles. The molecule has 2 N–H and O–H groups in total. The largest absolute Gasteiger partial charge is 0.361 e. The molecule has 7 heteroatoms. The highest BCUT2D eigenvalue weighted by molar-refractivity contribution is 6.01. The first kappa shape index (κ1) is 19.2. The summed E-state index contributed by atoms with van der Waals surface area (Å²) in [6.45, 7) is 1.96. The zero-order valence-electron chi connectivity index (χ0n) is 16.5. The van der Waals surface area contributed by atoms with Crippen LogP contribution in [0.4, 0.5) is 0 Å². The maximum absolute atomic E-state index is 12.7. The Balaban J connectivity index is 1.48. The molecular formula is C23H20N4O3. The van der Waals surface area contributed by atoms with E-state index in [1.165, 1.54) is 17.7 Å². The Morgan fingerprint density at radius 2 is 1.73 bits per heavy atom. The minimum absolute atomic E-state index is 0.157. The van der Waals surface area contributed by atoms with Crippen LogP contribution in [0, 0.1) is 6.92 Å². The van der Waals surface area contributed by atoms with Gasteiger partial charge in [-0.3, -0.25) is 29.4 Å². The number of aromatic nitrogens is 2. The van der Waals surface area contributed by atoms with Gasteiger partial charge in [-0.05, 0) is 61.0 Å². The minimum atomic E-state index is -0.374. The molecule has 2 aromatic heterocycles. The fourth-order valence-corrected chi connectivity index (χ4v) is 3.27. The zero-order valence-corrected chi connectivity index (χ0v) is 16.5. The van der Waals surface area contributed by atoms with Gasteiger partial charge in [0.15, 0.2) is 0 Å². The quantitative estimate of drug-likeness (QED) is 0.518. The number of aromatic amines is 1. The highest BCUT2D eigenvalue weighted by atomic mass is 16.2. The second kappa shape index (κ2) is 7.71. The van der Waals surface area contributed by atoms with Crippen LogP contribution in [0.25, 0.3) is 16.6 Å². The normalized spacial score (nSPS) is 10.7. The van der Waals surface area contributed by atoms with Gasteiger partial charge in [-0.2, -0.15) is 0 Å². The van der Waals surface area contributed by atoms with Crippen LogP contribution in [-0.2, 0) is 0 Å². The predicted molar refractivity (Wildman–Crippen MR) is 115 cm³/mol. The summed E-state index contributed by atoms with van der Waals surface area (Å²) in [5, 5.41) is 2.11. The van der Waals surface area contributed by atoms with E-state index in [4.69, 9.17) is 0 Å². The van der Waals surface area contributed by atoms with Crippen LogP contribution < -0.4 is 11.0 Å². The number of nitrogens with zero attached hydrogens (tertiary/aromatic N) is 2. The number of rotatable bonds is 3. The van der Waals surface area contributed by atoms with Crippen molar-refractivity contribution in [3.63, 3.8) is 0 Å². The standard InChI is InChI=1S/C23H20N4O3/c1-15-14-24-20-11-8-17(13-19(15)20)22(29)25-26(2)23(30)16-6-9-18(10-7-16)27-12-4-3-5-21(27)28/h3-14,24H,1-2H3,(H,25,29). The molecular weight excluding hydrogens is 380 g/mol. The van der Waals surface area contributed by atoms with Gasteiger partial charge in [0.2, 0.25) is 0 Å². The van der Waals surface area contributed by atoms with Gasteiger partial charge in [-0.25, -0.2) is 0 Å². The SMILES string of the molecule is Cc1c[nH]c2ccc(C(=O)NN(C)C(=O)c3ccc(-n4ccccc4=O)cc3)cc12. The van der Waals surface area contributed by atoms with E-state index in [2.05, 4.69) is 10.4 Å². The summed E-state index contributed by atoms with van der Waals surface area (Å²) < 4.78 is 1.49. The van der Waals surface area contributed by atoms with Crippen molar-refractivity contribution in [1.29, 1.82) is 0 Å². The smallest absolute Gasteiger partial charge is 0.272 e. The number of aryl methyl sites for hydroxylation is 1. The molecule has 0 unspecified atom stereocenters. The highest BCUT2D eigenvalue weighted by Gasteiger charge is 2.16. The molecule has 0 aliphatic rings. The van der Waals surface area contributed by atoms with Crippen molar-refractivity contribution < 1.29 is 9.59 Å². The van der Waals surface area contributed by atoms with Crippen molar-refractivity contribution in [2.24, 2.45) is 0 Å². The number of benzene rings is 2. The number of carbonyl (C=O) groups is 2. The van der Waals surface area contributed by atoms with Crippen LogP contribution in [-0.4, -0.2) is 33.4 Å². The van der Waals surface area contributed by atoms with Gasteiger partial charge in [0, 0.05) is 53.2 Å². The third kappa shape index (κ3) is 3.60. The third-order valence-electron chi connectivity index (χ3n) is 4.94. The second-order valence-electron chi connectivity index (χ2n) is 6.99. The van der Waals surface area contributed by atoms with Gasteiger partial charge in [0.25, 0.3) is 17.4 Å². The summed E-state index contributed by atoms with van der Waals surface area (Å²) >= 11 is 0. The van der Waals surface area contributed by atoms with E-state index >= 15 is 0 Å². The summed E-state index contributed by atoms with van der Waals surface area (Å²) in [6, 6.07) is 16.8. The Bertz CT molecular complexity index is 1300. The maximum atomic E-state index is 12.7. The van der Waals surface area contributed by atoms with Crippen molar-refractivity contribution in [3.05, 3.63) is 100 Å². The average molecular weight is 400 g/mol. The first-order valence-electron chi connectivity index (χ1n) is 9.39. The molecule has 4 aromatic rings. The van der Waals surface area contributed by atoms with Crippen molar-refractivity contribution >= 4 is 22.7 Å². The number of pyridine rings is 1. The molecule has 0 fully saturated rings. The number of hydrogen-bond donors (Lipinski definition) is 2. The van der Waals surface area contributed by atoms with E-state index in [1.54, 1.807) is 54.7 Å². The Hall–Kier alpha value is -4.13. The zero-order chi connectivity index (χ0) is 21.3. The molecule has 0 spiro atoms. The molecule has 4 rings (SSSR count). The van der Waals surface area contributed by atoms with Crippen LogP contribution in [0.3, 0.4) is 0 Å². The van der Waals surface area contributed by atoms with Crippen molar-refractivity contribution in [3.8, 4) is 5.69 Å². The van der Waals surface area contributed by atoms with Gasteiger partial charge in [-0.1, -0.05) is 6.07 Å². The highest BCUT2D eigenvalue weighted by Crippen LogP contribution is 2.19. The summed E-state index contributed by atoms with van der Waals surface area (Å²) in [5.74, 6) is -0.741. The Kier molecular flexibility index (Phi) is 4.93. The molecule has 2 aromatic carbocycles. The molecule has 0 aliphatic heterocycles. The van der Waals surface area contributed by atoms with Crippen molar-refractivity contribution in [2.45, 2.75) is 6.92 Å². The lowest BCUT2D eigenvalue weighted by Gasteiger charge is -2.18. The van der Waals surface area contributed by atoms with Gasteiger partial charge in [-0.15, -0.1) is 0 Å². The lowest BCUT2D eigenvalue weighted by molar-refractivity contribution is 0.0636. The minimum Gasteiger partial charge on any atom is -0.361 e. The van der Waals surface area contributed by atoms with Crippen LogP contribution in [0.5, 0.6) is 0 Å². The Morgan fingerprint density at radius 1 is 1.00 bits per heavy atom. The average Bonchev–Trinajstić information content (AvgIpc) is 3.14. The van der Waals surface area contributed by atoms with Crippen LogP contribution >= 0.6 is 0 Å². The van der Waals surface area contributed by atoms with Gasteiger partial charge < -0.3 is 4.98 Å². The van der Waals surface area contributed by atoms with Gasteiger partial charge in [0.05, 0.1) is 0 Å². The predicted octanol–water partition coefficient (Wildman–Crippen LogP) is 3.04. The second-order valence-corrected chi connectivity index (χ2v) is 6.99. The van der Waals surface area contributed by atoms with E-state index in [0.717, 1.165) is 21.5 Å². The number of amides is 2.